The fraction of sp³-hybridized carbons (Fsp3) is 0.571. The van der Waals surface area contributed by atoms with Crippen LogP contribution in [0.1, 0.15) is 37.8 Å². The second-order valence-corrected chi connectivity index (χ2v) is 5.02. The summed E-state index contributed by atoms with van der Waals surface area (Å²) in [4.78, 5) is 0. The maximum atomic E-state index is 13.5. The summed E-state index contributed by atoms with van der Waals surface area (Å²) < 4.78 is 27.1. The van der Waals surface area contributed by atoms with E-state index in [1.54, 1.807) is 6.92 Å². The quantitative estimate of drug-likeness (QED) is 0.867. The number of nitrogens with one attached hydrogen (secondary N) is 1. The number of aliphatic hydroxyl groups is 1. The van der Waals surface area contributed by atoms with Gasteiger partial charge < -0.3 is 10.4 Å². The number of rotatable bonds is 4. The van der Waals surface area contributed by atoms with Crippen molar-refractivity contribution in [1.29, 1.82) is 0 Å². The van der Waals surface area contributed by atoms with Gasteiger partial charge in [-0.2, -0.15) is 0 Å². The molecule has 2 N–H and O–H groups in total. The van der Waals surface area contributed by atoms with Crippen molar-refractivity contribution in [3.05, 3.63) is 35.4 Å². The van der Waals surface area contributed by atoms with Crippen molar-refractivity contribution in [1.82, 2.24) is 5.32 Å². The highest BCUT2D eigenvalue weighted by atomic mass is 19.1. The van der Waals surface area contributed by atoms with E-state index in [0.29, 0.717) is 6.54 Å². The lowest BCUT2D eigenvalue weighted by Gasteiger charge is -2.20. The fourth-order valence-electron chi connectivity index (χ4n) is 2.61. The first kappa shape index (κ1) is 13.4. The molecule has 100 valence electrons. The molecule has 2 nitrogen and oxygen atoms in total. The highest BCUT2D eigenvalue weighted by Crippen LogP contribution is 2.26. The van der Waals surface area contributed by atoms with Gasteiger partial charge in [-0.25, -0.2) is 8.78 Å². The van der Waals surface area contributed by atoms with Crippen LogP contribution in [0.4, 0.5) is 8.78 Å². The van der Waals surface area contributed by atoms with Gasteiger partial charge in [-0.1, -0.05) is 12.5 Å². The first-order valence-corrected chi connectivity index (χ1v) is 6.45. The van der Waals surface area contributed by atoms with E-state index in [9.17, 15) is 13.9 Å². The maximum absolute atomic E-state index is 13.5. The van der Waals surface area contributed by atoms with Gasteiger partial charge in [-0.3, -0.25) is 0 Å². The predicted molar refractivity (Wildman–Crippen MR) is 66.1 cm³/mol. The minimum atomic E-state index is -0.526. The molecule has 0 heterocycles. The standard InChI is InChI=1S/C14H19F2NO/c1-9(14-11(15)5-3-6-12(14)16)17-8-10-4-2-7-13(10)18/h3,5-6,9-10,13,17-18H,2,4,7-8H2,1H3. The van der Waals surface area contributed by atoms with Gasteiger partial charge in [0, 0.05) is 18.2 Å². The van der Waals surface area contributed by atoms with Gasteiger partial charge in [0.15, 0.2) is 0 Å². The normalized spacial score (nSPS) is 25.3. The van der Waals surface area contributed by atoms with Crippen molar-refractivity contribution in [3.8, 4) is 0 Å². The molecule has 4 heteroatoms. The Balaban J connectivity index is 1.97. The van der Waals surface area contributed by atoms with E-state index in [1.165, 1.54) is 18.2 Å². The van der Waals surface area contributed by atoms with E-state index in [1.807, 2.05) is 0 Å². The van der Waals surface area contributed by atoms with Gasteiger partial charge >= 0.3 is 0 Å². The number of benzene rings is 1. The molecule has 0 radical (unpaired) electrons. The van der Waals surface area contributed by atoms with Gasteiger partial charge in [0.05, 0.1) is 6.10 Å². The SMILES string of the molecule is CC(NCC1CCCC1O)c1c(F)cccc1F. The van der Waals surface area contributed by atoms with Crippen LogP contribution < -0.4 is 5.32 Å². The van der Waals surface area contributed by atoms with Crippen LogP contribution in [0.25, 0.3) is 0 Å². The Hall–Kier alpha value is -1.00. The van der Waals surface area contributed by atoms with Gasteiger partial charge in [-0.05, 0) is 37.8 Å². The number of halogens is 2. The van der Waals surface area contributed by atoms with Crippen LogP contribution >= 0.6 is 0 Å². The zero-order valence-electron chi connectivity index (χ0n) is 10.5. The number of hydrogen-bond acceptors (Lipinski definition) is 2. The monoisotopic (exact) mass is 255 g/mol. The Morgan fingerprint density at radius 3 is 2.56 bits per heavy atom. The Morgan fingerprint density at radius 2 is 2.00 bits per heavy atom. The van der Waals surface area contributed by atoms with Crippen LogP contribution in [-0.2, 0) is 0 Å². The molecule has 3 unspecified atom stereocenters. The second kappa shape index (κ2) is 5.76. The van der Waals surface area contributed by atoms with Crippen LogP contribution in [0.15, 0.2) is 18.2 Å². The molecule has 1 aromatic rings. The molecule has 18 heavy (non-hydrogen) atoms. The highest BCUT2D eigenvalue weighted by molar-refractivity contribution is 5.22. The average Bonchev–Trinajstić information content (AvgIpc) is 2.72. The van der Waals surface area contributed by atoms with E-state index in [2.05, 4.69) is 5.32 Å². The third-order valence-electron chi connectivity index (χ3n) is 3.74. The van der Waals surface area contributed by atoms with Crippen LogP contribution in [0, 0.1) is 17.6 Å². The summed E-state index contributed by atoms with van der Waals surface area (Å²) in [5, 5.41) is 12.8. The molecule has 1 fully saturated rings. The van der Waals surface area contributed by atoms with Gasteiger partial charge in [0.25, 0.3) is 0 Å². The molecule has 1 saturated carbocycles. The van der Waals surface area contributed by atoms with Crippen molar-refractivity contribution in [2.24, 2.45) is 5.92 Å². The molecule has 0 aromatic heterocycles. The third-order valence-corrected chi connectivity index (χ3v) is 3.74. The Labute approximate surface area is 106 Å². The van der Waals surface area contributed by atoms with Crippen LogP contribution in [0.5, 0.6) is 0 Å². The Kier molecular flexibility index (Phi) is 4.30. The minimum Gasteiger partial charge on any atom is -0.393 e. The summed E-state index contributed by atoms with van der Waals surface area (Å²) in [6, 6.07) is 3.50. The number of hydrogen-bond donors (Lipinski definition) is 2. The first-order valence-electron chi connectivity index (χ1n) is 6.45. The van der Waals surface area contributed by atoms with E-state index in [-0.39, 0.29) is 23.6 Å². The molecule has 1 aromatic carbocycles. The summed E-state index contributed by atoms with van der Waals surface area (Å²) in [5.41, 5.74) is 0.0741. The Bertz CT molecular complexity index is 391. The molecule has 0 saturated heterocycles. The lowest BCUT2D eigenvalue weighted by molar-refractivity contribution is 0.130. The fourth-order valence-corrected chi connectivity index (χ4v) is 2.61. The molecular weight excluding hydrogens is 236 g/mol. The summed E-state index contributed by atoms with van der Waals surface area (Å²) in [6.07, 6.45) is 2.54. The Morgan fingerprint density at radius 1 is 1.33 bits per heavy atom. The molecule has 1 aliphatic carbocycles. The molecule has 0 spiro atoms. The lowest BCUT2D eigenvalue weighted by Crippen LogP contribution is -2.30. The van der Waals surface area contributed by atoms with Crippen molar-refractivity contribution in [3.63, 3.8) is 0 Å². The summed E-state index contributed by atoms with van der Waals surface area (Å²) in [6.45, 7) is 2.33. The highest BCUT2D eigenvalue weighted by Gasteiger charge is 2.26. The molecular formula is C14H19F2NO. The van der Waals surface area contributed by atoms with E-state index < -0.39 is 11.6 Å². The summed E-state index contributed by atoms with van der Waals surface area (Å²) in [7, 11) is 0. The minimum absolute atomic E-state index is 0.0741. The van der Waals surface area contributed by atoms with Crippen molar-refractivity contribution in [2.45, 2.75) is 38.3 Å². The number of aliphatic hydroxyl groups excluding tert-OH is 1. The maximum Gasteiger partial charge on any atom is 0.130 e. The van der Waals surface area contributed by atoms with E-state index in [0.717, 1.165) is 19.3 Å². The van der Waals surface area contributed by atoms with E-state index >= 15 is 0 Å². The zero-order valence-corrected chi connectivity index (χ0v) is 10.5. The predicted octanol–water partition coefficient (Wildman–Crippen LogP) is 2.78. The van der Waals surface area contributed by atoms with Gasteiger partial charge in [0.1, 0.15) is 11.6 Å². The topological polar surface area (TPSA) is 32.3 Å². The molecule has 0 aliphatic heterocycles. The van der Waals surface area contributed by atoms with Crippen molar-refractivity contribution >= 4 is 0 Å². The van der Waals surface area contributed by atoms with Crippen LogP contribution in [0.2, 0.25) is 0 Å². The zero-order chi connectivity index (χ0) is 13.1. The van der Waals surface area contributed by atoms with Crippen LogP contribution in [0.3, 0.4) is 0 Å². The van der Waals surface area contributed by atoms with Gasteiger partial charge in [0.2, 0.25) is 0 Å². The summed E-state index contributed by atoms with van der Waals surface area (Å²) >= 11 is 0. The second-order valence-electron chi connectivity index (χ2n) is 5.02. The van der Waals surface area contributed by atoms with E-state index in [4.69, 9.17) is 0 Å². The lowest BCUT2D eigenvalue weighted by atomic mass is 10.0. The average molecular weight is 255 g/mol. The third kappa shape index (κ3) is 2.87. The van der Waals surface area contributed by atoms with Crippen molar-refractivity contribution < 1.29 is 13.9 Å². The molecule has 2 rings (SSSR count). The molecule has 3 atom stereocenters. The molecule has 0 bridgehead atoms. The van der Waals surface area contributed by atoms with Gasteiger partial charge in [-0.15, -0.1) is 0 Å². The van der Waals surface area contributed by atoms with Crippen LogP contribution in [-0.4, -0.2) is 17.8 Å². The smallest absolute Gasteiger partial charge is 0.130 e. The summed E-state index contributed by atoms with van der Waals surface area (Å²) in [5.74, 6) is -0.855. The largest absolute Gasteiger partial charge is 0.393 e. The molecule has 0 amide bonds. The molecule has 1 aliphatic rings. The van der Waals surface area contributed by atoms with Crippen molar-refractivity contribution in [2.75, 3.05) is 6.54 Å². The first-order chi connectivity index (χ1) is 8.59.